The van der Waals surface area contributed by atoms with E-state index < -0.39 is 23.8 Å². The molecule has 11 heteroatoms. The molecule has 1 N–H and O–H groups in total. The van der Waals surface area contributed by atoms with Crippen molar-refractivity contribution in [1.29, 1.82) is 0 Å². The zero-order valence-electron chi connectivity index (χ0n) is 19.0. The van der Waals surface area contributed by atoms with Gasteiger partial charge in [0.25, 0.3) is 12.0 Å². The van der Waals surface area contributed by atoms with Gasteiger partial charge in [0.2, 0.25) is 0 Å². The van der Waals surface area contributed by atoms with Gasteiger partial charge in [-0.3, -0.25) is 9.20 Å². The van der Waals surface area contributed by atoms with Crippen molar-refractivity contribution in [2.24, 2.45) is 7.05 Å². The van der Waals surface area contributed by atoms with Crippen molar-refractivity contribution in [3.05, 3.63) is 82.0 Å². The van der Waals surface area contributed by atoms with Gasteiger partial charge in [-0.15, -0.1) is 10.2 Å². The zero-order valence-corrected chi connectivity index (χ0v) is 19.0. The summed E-state index contributed by atoms with van der Waals surface area (Å²) in [5.41, 5.74) is 1.45. The van der Waals surface area contributed by atoms with E-state index in [4.69, 9.17) is 0 Å². The van der Waals surface area contributed by atoms with Crippen molar-refractivity contribution in [3.8, 4) is 11.3 Å². The second-order valence-corrected chi connectivity index (χ2v) is 8.22. The Balaban J connectivity index is 1.69. The molecule has 5 rings (SSSR count). The Morgan fingerprint density at radius 1 is 1.09 bits per heavy atom. The Morgan fingerprint density at radius 2 is 1.86 bits per heavy atom. The average Bonchev–Trinajstić information content (AvgIpc) is 3.31. The Hall–Kier alpha value is -4.28. The molecule has 4 aromatic heterocycles. The number of fused-ring (bicyclic) bond motifs is 3. The van der Waals surface area contributed by atoms with Crippen LogP contribution in [-0.2, 0) is 7.05 Å². The van der Waals surface area contributed by atoms with Gasteiger partial charge in [-0.05, 0) is 26.0 Å². The lowest BCUT2D eigenvalue weighted by molar-refractivity contribution is 0.146. The molecular formula is C24H20F3N7O. The fourth-order valence-corrected chi connectivity index (χ4v) is 4.06. The highest BCUT2D eigenvalue weighted by molar-refractivity contribution is 5.99. The lowest BCUT2D eigenvalue weighted by atomic mass is 10.0. The fraction of sp³-hybridized carbons (Fsp3) is 0.208. The fourth-order valence-electron chi connectivity index (χ4n) is 4.06. The minimum atomic E-state index is -2.92. The van der Waals surface area contributed by atoms with Gasteiger partial charge in [0.05, 0.1) is 17.3 Å². The van der Waals surface area contributed by atoms with Crippen molar-refractivity contribution >= 4 is 22.4 Å². The first kappa shape index (κ1) is 22.5. The first-order chi connectivity index (χ1) is 16.7. The number of rotatable bonds is 5. The highest BCUT2D eigenvalue weighted by atomic mass is 19.3. The van der Waals surface area contributed by atoms with Crippen LogP contribution in [-0.4, -0.2) is 29.1 Å². The van der Waals surface area contributed by atoms with Crippen molar-refractivity contribution in [2.75, 3.05) is 5.32 Å². The van der Waals surface area contributed by atoms with E-state index in [1.54, 1.807) is 43.6 Å². The third kappa shape index (κ3) is 3.88. The van der Waals surface area contributed by atoms with Crippen molar-refractivity contribution in [2.45, 2.75) is 26.3 Å². The van der Waals surface area contributed by atoms with Crippen LogP contribution < -0.4 is 10.9 Å². The standard InChI is InChI=1S/C24H20F3N7O/c1-12(15-5-4-6-16(20(15)25)22(26)27)29-23-17-10-18(14-7-8-33(3)19(35)9-14)34-11-28-32-24(34)21(17)30-13(2)31-23/h4-12,22H,1-3H3,(H,29,30,31). The molecule has 4 heterocycles. The van der Waals surface area contributed by atoms with Gasteiger partial charge >= 0.3 is 0 Å². The van der Waals surface area contributed by atoms with E-state index in [0.717, 1.165) is 6.07 Å². The topological polar surface area (TPSA) is 90.0 Å². The number of aryl methyl sites for hydroxylation is 2. The van der Waals surface area contributed by atoms with E-state index in [1.807, 2.05) is 0 Å². The van der Waals surface area contributed by atoms with E-state index >= 15 is 0 Å². The van der Waals surface area contributed by atoms with Crippen LogP contribution in [0.4, 0.5) is 19.0 Å². The van der Waals surface area contributed by atoms with E-state index in [-0.39, 0.29) is 11.1 Å². The van der Waals surface area contributed by atoms with Crippen LogP contribution in [0.15, 0.2) is 53.7 Å². The summed E-state index contributed by atoms with van der Waals surface area (Å²) in [4.78, 5) is 21.3. The van der Waals surface area contributed by atoms with Crippen molar-refractivity contribution < 1.29 is 13.2 Å². The molecule has 0 radical (unpaired) electrons. The molecule has 8 nitrogen and oxygen atoms in total. The maximum atomic E-state index is 14.8. The number of anilines is 1. The van der Waals surface area contributed by atoms with E-state index in [2.05, 4.69) is 25.5 Å². The molecular weight excluding hydrogens is 459 g/mol. The minimum Gasteiger partial charge on any atom is -0.363 e. The Bertz CT molecular complexity index is 1640. The summed E-state index contributed by atoms with van der Waals surface area (Å²) >= 11 is 0. The summed E-state index contributed by atoms with van der Waals surface area (Å²) in [6, 6.07) is 8.31. The van der Waals surface area contributed by atoms with Gasteiger partial charge in [0, 0.05) is 35.8 Å². The molecule has 0 saturated carbocycles. The number of nitrogens with zero attached hydrogens (tertiary/aromatic N) is 6. The molecule has 1 atom stereocenters. The predicted molar refractivity (Wildman–Crippen MR) is 125 cm³/mol. The van der Waals surface area contributed by atoms with Crippen LogP contribution in [0.3, 0.4) is 0 Å². The number of nitrogens with one attached hydrogen (secondary N) is 1. The SMILES string of the molecule is Cc1nc(NC(C)c2cccc(C(F)F)c2F)c2cc(-c3ccn(C)c(=O)c3)n3cnnc3c2n1. The molecule has 0 aliphatic carbocycles. The van der Waals surface area contributed by atoms with Crippen LogP contribution in [0.25, 0.3) is 27.8 Å². The van der Waals surface area contributed by atoms with Crippen LogP contribution in [0.5, 0.6) is 0 Å². The van der Waals surface area contributed by atoms with Crippen LogP contribution in [0.2, 0.25) is 0 Å². The number of halogens is 3. The van der Waals surface area contributed by atoms with E-state index in [1.165, 1.54) is 29.1 Å². The van der Waals surface area contributed by atoms with Crippen LogP contribution in [0, 0.1) is 12.7 Å². The van der Waals surface area contributed by atoms with Gasteiger partial charge in [-0.2, -0.15) is 0 Å². The molecule has 0 saturated heterocycles. The highest BCUT2D eigenvalue weighted by Gasteiger charge is 2.21. The second-order valence-electron chi connectivity index (χ2n) is 8.22. The maximum absolute atomic E-state index is 14.8. The summed E-state index contributed by atoms with van der Waals surface area (Å²) in [5, 5.41) is 11.9. The number of hydrogen-bond donors (Lipinski definition) is 1. The van der Waals surface area contributed by atoms with Gasteiger partial charge < -0.3 is 9.88 Å². The largest absolute Gasteiger partial charge is 0.363 e. The first-order valence-corrected chi connectivity index (χ1v) is 10.8. The lowest BCUT2D eigenvalue weighted by Crippen LogP contribution is -2.14. The Kier molecular flexibility index (Phi) is 5.46. The van der Waals surface area contributed by atoms with E-state index in [9.17, 15) is 18.0 Å². The summed E-state index contributed by atoms with van der Waals surface area (Å²) in [6.07, 6.45) is 0.260. The summed E-state index contributed by atoms with van der Waals surface area (Å²) in [7, 11) is 1.66. The first-order valence-electron chi connectivity index (χ1n) is 10.8. The molecule has 0 spiro atoms. The quantitative estimate of drug-likeness (QED) is 0.396. The third-order valence-electron chi connectivity index (χ3n) is 5.87. The molecule has 1 aromatic carbocycles. The van der Waals surface area contributed by atoms with Crippen LogP contribution in [0.1, 0.15) is 36.3 Å². The smallest absolute Gasteiger partial charge is 0.266 e. The maximum Gasteiger partial charge on any atom is 0.266 e. The van der Waals surface area contributed by atoms with Gasteiger partial charge in [0.1, 0.15) is 29.3 Å². The molecule has 35 heavy (non-hydrogen) atoms. The molecule has 0 fully saturated rings. The molecule has 5 aromatic rings. The van der Waals surface area contributed by atoms with Crippen molar-refractivity contribution in [1.82, 2.24) is 29.1 Å². The average molecular weight is 479 g/mol. The monoisotopic (exact) mass is 479 g/mol. The number of alkyl halides is 2. The molecule has 178 valence electrons. The highest BCUT2D eigenvalue weighted by Crippen LogP contribution is 2.33. The van der Waals surface area contributed by atoms with Crippen molar-refractivity contribution in [3.63, 3.8) is 0 Å². The van der Waals surface area contributed by atoms with E-state index in [0.29, 0.717) is 39.4 Å². The molecule has 1 unspecified atom stereocenters. The number of hydrogen-bond acceptors (Lipinski definition) is 6. The number of benzene rings is 1. The third-order valence-corrected chi connectivity index (χ3v) is 5.87. The normalized spacial score (nSPS) is 12.5. The van der Waals surface area contributed by atoms with Gasteiger partial charge in [-0.1, -0.05) is 18.2 Å². The zero-order chi connectivity index (χ0) is 24.9. The number of aromatic nitrogens is 6. The molecule has 0 amide bonds. The van der Waals surface area contributed by atoms with Gasteiger partial charge in [0.15, 0.2) is 5.65 Å². The Morgan fingerprint density at radius 3 is 2.60 bits per heavy atom. The predicted octanol–water partition coefficient (Wildman–Crippen LogP) is 4.60. The summed E-state index contributed by atoms with van der Waals surface area (Å²) in [5.74, 6) is -0.157. The summed E-state index contributed by atoms with van der Waals surface area (Å²) < 4.78 is 44.4. The second kappa shape index (κ2) is 8.49. The van der Waals surface area contributed by atoms with Crippen LogP contribution >= 0.6 is 0 Å². The molecule has 0 bridgehead atoms. The molecule has 0 aliphatic heterocycles. The Labute approximate surface area is 197 Å². The van der Waals surface area contributed by atoms with Gasteiger partial charge in [-0.25, -0.2) is 23.1 Å². The molecule has 0 aliphatic rings. The number of pyridine rings is 2. The summed E-state index contributed by atoms with van der Waals surface area (Å²) in [6.45, 7) is 3.36. The lowest BCUT2D eigenvalue weighted by Gasteiger charge is -2.19. The minimum absolute atomic E-state index is 0.0857.